The highest BCUT2D eigenvalue weighted by atomic mass is 19.1. The summed E-state index contributed by atoms with van der Waals surface area (Å²) >= 11 is 0. The van der Waals surface area contributed by atoms with Crippen LogP contribution < -0.4 is 9.64 Å². The Kier molecular flexibility index (Phi) is 8.23. The minimum atomic E-state index is -0.840. The van der Waals surface area contributed by atoms with Crippen LogP contribution in [0, 0.1) is 11.6 Å². The number of rotatable bonds is 6. The second-order valence-corrected chi connectivity index (χ2v) is 11.2. The number of pyridine rings is 1. The highest BCUT2D eigenvalue weighted by Crippen LogP contribution is 2.33. The fourth-order valence-corrected chi connectivity index (χ4v) is 5.45. The van der Waals surface area contributed by atoms with E-state index < -0.39 is 17.4 Å². The molecule has 10 heteroatoms. The zero-order chi connectivity index (χ0) is 29.2. The van der Waals surface area contributed by atoms with Crippen molar-refractivity contribution in [3.05, 3.63) is 83.6 Å². The van der Waals surface area contributed by atoms with Gasteiger partial charge in [-0.05, 0) is 70.2 Å². The van der Waals surface area contributed by atoms with Gasteiger partial charge in [0.05, 0.1) is 12.1 Å². The monoisotopic (exact) mass is 553 g/mol. The average molecular weight is 554 g/mol. The Balaban J connectivity index is 1.40. The van der Waals surface area contributed by atoms with Crippen molar-refractivity contribution in [1.29, 1.82) is 0 Å². The van der Waals surface area contributed by atoms with Gasteiger partial charge in [-0.25, -0.2) is 18.2 Å². The lowest BCUT2D eigenvalue weighted by molar-refractivity contribution is -0.929. The molecule has 2 amide bonds. The summed E-state index contributed by atoms with van der Waals surface area (Å²) in [6.45, 7) is 9.58. The second-order valence-electron chi connectivity index (χ2n) is 11.2. The molecule has 1 unspecified atom stereocenters. The molecular formula is C30H35F2N4O4+. The normalized spacial score (nSPS) is 19.7. The van der Waals surface area contributed by atoms with Crippen molar-refractivity contribution in [3.63, 3.8) is 0 Å². The van der Waals surface area contributed by atoms with Gasteiger partial charge < -0.3 is 14.7 Å². The van der Waals surface area contributed by atoms with Gasteiger partial charge in [-0.15, -0.1) is 0 Å². The zero-order valence-corrected chi connectivity index (χ0v) is 23.4. The van der Waals surface area contributed by atoms with Crippen LogP contribution in [0.5, 0.6) is 11.6 Å². The van der Waals surface area contributed by atoms with Crippen molar-refractivity contribution in [1.82, 2.24) is 9.88 Å². The Morgan fingerprint density at radius 2 is 1.82 bits per heavy atom. The Bertz CT molecular complexity index is 1380. The molecule has 1 aromatic heterocycles. The van der Waals surface area contributed by atoms with Crippen molar-refractivity contribution in [2.24, 2.45) is 0 Å². The van der Waals surface area contributed by atoms with Gasteiger partial charge in [0.1, 0.15) is 35.5 Å². The van der Waals surface area contributed by atoms with Gasteiger partial charge in [-0.1, -0.05) is 6.07 Å². The molecule has 1 N–H and O–H groups in total. The molecule has 0 aliphatic carbocycles. The quantitative estimate of drug-likeness (QED) is 0.381. The standard InChI is InChI=1S/C30H34F2N4O4/c1-20-18-35(14-15-36(20,29(38)39)30(2,3)4)19-22-6-10-24(16-26(22)32)34(5)28(37)21-7-13-27(33-17-21)40-25-11-8-23(31)9-12-25/h6-13,16-17,20H,14-15,18-19H2,1-5H3/p+1/t20-,36?/m0/s1. The topological polar surface area (TPSA) is 83.0 Å². The second kappa shape index (κ2) is 11.3. The van der Waals surface area contributed by atoms with E-state index in [4.69, 9.17) is 4.74 Å². The molecule has 212 valence electrons. The molecule has 1 aliphatic rings. The number of quaternary nitrogens is 1. The van der Waals surface area contributed by atoms with E-state index in [1.54, 1.807) is 25.2 Å². The Labute approximate surface area is 233 Å². The van der Waals surface area contributed by atoms with Gasteiger partial charge in [0.15, 0.2) is 0 Å². The fourth-order valence-electron chi connectivity index (χ4n) is 5.45. The van der Waals surface area contributed by atoms with Crippen LogP contribution in [0.4, 0.5) is 19.3 Å². The molecule has 0 radical (unpaired) electrons. The van der Waals surface area contributed by atoms with Gasteiger partial charge >= 0.3 is 6.09 Å². The number of halogens is 2. The maximum Gasteiger partial charge on any atom is 0.514 e. The number of nitrogens with zero attached hydrogens (tertiary/aromatic N) is 4. The maximum absolute atomic E-state index is 15.2. The lowest BCUT2D eigenvalue weighted by atomic mass is 9.95. The highest BCUT2D eigenvalue weighted by molar-refractivity contribution is 6.05. The fraction of sp³-hybridized carbons (Fsp3) is 0.367. The van der Waals surface area contributed by atoms with Crippen molar-refractivity contribution in [3.8, 4) is 11.6 Å². The number of aromatic nitrogens is 1. The number of hydrogen-bond acceptors (Lipinski definition) is 5. The number of carbonyl (C=O) groups excluding carboxylic acids is 1. The van der Waals surface area contributed by atoms with Crippen LogP contribution in [0.3, 0.4) is 0 Å². The maximum atomic E-state index is 15.2. The third kappa shape index (κ3) is 5.83. The van der Waals surface area contributed by atoms with Crippen molar-refractivity contribution in [2.75, 3.05) is 31.6 Å². The average Bonchev–Trinajstić information content (AvgIpc) is 2.90. The van der Waals surface area contributed by atoms with Gasteiger partial charge in [-0.2, -0.15) is 4.79 Å². The minimum Gasteiger partial charge on any atom is -0.439 e. The van der Waals surface area contributed by atoms with Crippen LogP contribution in [-0.4, -0.2) is 69.7 Å². The number of carboxylic acid groups (broad SMARTS) is 1. The van der Waals surface area contributed by atoms with Gasteiger partial charge in [0.2, 0.25) is 5.88 Å². The molecule has 0 bridgehead atoms. The summed E-state index contributed by atoms with van der Waals surface area (Å²) in [5.41, 5.74) is 0.693. The number of ether oxygens (including phenoxy) is 1. The number of hydrogen-bond donors (Lipinski definition) is 1. The molecule has 0 spiro atoms. The number of carbonyl (C=O) groups is 2. The Morgan fingerprint density at radius 1 is 1.12 bits per heavy atom. The third-order valence-electron chi connectivity index (χ3n) is 7.72. The minimum absolute atomic E-state index is 0.0357. The summed E-state index contributed by atoms with van der Waals surface area (Å²) in [7, 11) is 1.56. The van der Waals surface area contributed by atoms with Crippen LogP contribution >= 0.6 is 0 Å². The van der Waals surface area contributed by atoms with E-state index in [0.717, 1.165) is 0 Å². The van der Waals surface area contributed by atoms with Crippen LogP contribution in [0.1, 0.15) is 43.6 Å². The summed E-state index contributed by atoms with van der Waals surface area (Å²) in [5.74, 6) is -0.532. The van der Waals surface area contributed by atoms with E-state index in [1.807, 2.05) is 27.7 Å². The molecule has 40 heavy (non-hydrogen) atoms. The molecule has 1 fully saturated rings. The Morgan fingerprint density at radius 3 is 2.38 bits per heavy atom. The predicted octanol–water partition coefficient (Wildman–Crippen LogP) is 5.93. The first-order valence-electron chi connectivity index (χ1n) is 13.1. The number of amides is 2. The molecule has 1 aliphatic heterocycles. The number of piperazine rings is 1. The van der Waals surface area contributed by atoms with Crippen molar-refractivity contribution < 1.29 is 32.7 Å². The highest BCUT2D eigenvalue weighted by Gasteiger charge is 2.54. The molecule has 2 aromatic carbocycles. The van der Waals surface area contributed by atoms with Gasteiger partial charge in [0, 0.05) is 43.7 Å². The molecule has 3 aromatic rings. The van der Waals surface area contributed by atoms with Crippen LogP contribution in [0.2, 0.25) is 0 Å². The van der Waals surface area contributed by atoms with Crippen LogP contribution in [0.15, 0.2) is 60.8 Å². The number of anilines is 1. The number of benzene rings is 2. The summed E-state index contributed by atoms with van der Waals surface area (Å²) in [6, 6.07) is 13.1. The zero-order valence-electron chi connectivity index (χ0n) is 23.4. The first-order valence-corrected chi connectivity index (χ1v) is 13.1. The van der Waals surface area contributed by atoms with Crippen LogP contribution in [-0.2, 0) is 6.54 Å². The first-order chi connectivity index (χ1) is 18.8. The Hall–Kier alpha value is -3.89. The molecule has 8 nitrogen and oxygen atoms in total. The summed E-state index contributed by atoms with van der Waals surface area (Å²) < 4.78 is 33.8. The van der Waals surface area contributed by atoms with E-state index in [0.29, 0.717) is 48.7 Å². The molecule has 0 saturated carbocycles. The van der Waals surface area contributed by atoms with Crippen LogP contribution in [0.25, 0.3) is 0 Å². The van der Waals surface area contributed by atoms with Crippen molar-refractivity contribution in [2.45, 2.75) is 45.8 Å². The van der Waals surface area contributed by atoms with E-state index in [-0.39, 0.29) is 28.1 Å². The first kappa shape index (κ1) is 29.1. The molecule has 4 rings (SSSR count). The third-order valence-corrected chi connectivity index (χ3v) is 7.72. The van der Waals surface area contributed by atoms with E-state index >= 15 is 4.39 Å². The molecule has 1 saturated heterocycles. The summed E-state index contributed by atoms with van der Waals surface area (Å²) in [6.07, 6.45) is 0.529. The van der Waals surface area contributed by atoms with E-state index in [9.17, 15) is 19.1 Å². The lowest BCUT2D eigenvalue weighted by Gasteiger charge is -2.52. The van der Waals surface area contributed by atoms with E-state index in [1.165, 1.54) is 47.5 Å². The SMILES string of the molecule is C[C@H]1CN(Cc2ccc(N(C)C(=O)c3ccc(Oc4ccc(F)cc4)nc3)cc2F)CC[N+]1(C(=O)O)C(C)(C)C. The molecule has 2 heterocycles. The largest absolute Gasteiger partial charge is 0.514 e. The smallest absolute Gasteiger partial charge is 0.439 e. The van der Waals surface area contributed by atoms with Gasteiger partial charge in [-0.3, -0.25) is 9.69 Å². The summed E-state index contributed by atoms with van der Waals surface area (Å²) in [5, 5.41) is 10.0. The molecular weight excluding hydrogens is 518 g/mol. The van der Waals surface area contributed by atoms with Crippen molar-refractivity contribution >= 4 is 17.7 Å². The predicted molar refractivity (Wildman–Crippen MR) is 147 cm³/mol. The summed E-state index contributed by atoms with van der Waals surface area (Å²) in [4.78, 5) is 32.8. The van der Waals surface area contributed by atoms with Gasteiger partial charge in [0.25, 0.3) is 5.91 Å². The van der Waals surface area contributed by atoms with E-state index in [2.05, 4.69) is 9.88 Å². The molecule has 2 atom stereocenters. The lowest BCUT2D eigenvalue weighted by Crippen LogP contribution is -2.73.